The van der Waals surface area contributed by atoms with E-state index in [4.69, 9.17) is 13.9 Å². The topological polar surface area (TPSA) is 108 Å². The summed E-state index contributed by atoms with van der Waals surface area (Å²) in [5.41, 5.74) is 2.25. The van der Waals surface area contributed by atoms with Crippen LogP contribution in [0.4, 0.5) is 0 Å². The quantitative estimate of drug-likeness (QED) is 0.774. The second kappa shape index (κ2) is 9.50. The maximum Gasteiger partial charge on any atom is 0.376 e. The number of esters is 1. The van der Waals surface area contributed by atoms with Crippen LogP contribution in [0.2, 0.25) is 0 Å². The molecule has 0 spiro atoms. The monoisotopic (exact) mass is 390 g/mol. The SMILES string of the molecule is CCc1nn(CCOC(=O)c2cnc(C)o2)c2c1C(=O)NCCCOCCC2. The molecular formula is C19H26N4O5. The molecule has 0 fully saturated rings. The van der Waals surface area contributed by atoms with Gasteiger partial charge in [0.05, 0.1) is 29.7 Å². The van der Waals surface area contributed by atoms with Crippen LogP contribution in [0.25, 0.3) is 0 Å². The molecule has 28 heavy (non-hydrogen) atoms. The van der Waals surface area contributed by atoms with Crippen molar-refractivity contribution in [3.05, 3.63) is 34.8 Å². The fraction of sp³-hybridized carbons (Fsp3) is 0.579. The smallest absolute Gasteiger partial charge is 0.376 e. The van der Waals surface area contributed by atoms with Crippen molar-refractivity contribution in [1.29, 1.82) is 0 Å². The number of hydrogen-bond donors (Lipinski definition) is 1. The first-order valence-electron chi connectivity index (χ1n) is 9.64. The lowest BCUT2D eigenvalue weighted by molar-refractivity contribution is 0.0448. The van der Waals surface area contributed by atoms with E-state index in [1.807, 2.05) is 6.92 Å². The Morgan fingerprint density at radius 2 is 2.18 bits per heavy atom. The lowest BCUT2D eigenvalue weighted by Gasteiger charge is -2.10. The highest BCUT2D eigenvalue weighted by atomic mass is 16.5. The van der Waals surface area contributed by atoms with Crippen molar-refractivity contribution in [1.82, 2.24) is 20.1 Å². The number of nitrogens with one attached hydrogen (secondary N) is 1. The van der Waals surface area contributed by atoms with Gasteiger partial charge in [-0.05, 0) is 25.7 Å². The number of aromatic nitrogens is 3. The number of rotatable bonds is 5. The molecule has 0 saturated carbocycles. The number of hydrogen-bond acceptors (Lipinski definition) is 7. The number of fused-ring (bicyclic) bond motifs is 1. The van der Waals surface area contributed by atoms with Gasteiger partial charge in [-0.3, -0.25) is 9.48 Å². The third kappa shape index (κ3) is 4.78. The first kappa shape index (κ1) is 20.1. The van der Waals surface area contributed by atoms with Gasteiger partial charge in [-0.15, -0.1) is 0 Å². The molecule has 152 valence electrons. The van der Waals surface area contributed by atoms with Crippen molar-refractivity contribution in [2.45, 2.75) is 46.1 Å². The summed E-state index contributed by atoms with van der Waals surface area (Å²) in [6, 6.07) is 0. The summed E-state index contributed by atoms with van der Waals surface area (Å²) in [5.74, 6) is -0.191. The van der Waals surface area contributed by atoms with E-state index in [1.54, 1.807) is 11.6 Å². The molecule has 1 aliphatic heterocycles. The average Bonchev–Trinajstić information content (AvgIpc) is 3.26. The summed E-state index contributed by atoms with van der Waals surface area (Å²) < 4.78 is 17.8. The molecule has 1 N–H and O–H groups in total. The van der Waals surface area contributed by atoms with E-state index in [2.05, 4.69) is 15.4 Å². The maximum absolute atomic E-state index is 12.7. The van der Waals surface area contributed by atoms with Crippen LogP contribution in [0.5, 0.6) is 0 Å². The van der Waals surface area contributed by atoms with E-state index in [9.17, 15) is 9.59 Å². The number of ether oxygens (including phenoxy) is 2. The van der Waals surface area contributed by atoms with Crippen LogP contribution in [0.3, 0.4) is 0 Å². The molecule has 1 amide bonds. The van der Waals surface area contributed by atoms with Crippen molar-refractivity contribution >= 4 is 11.9 Å². The molecule has 0 bridgehead atoms. The summed E-state index contributed by atoms with van der Waals surface area (Å²) in [7, 11) is 0. The molecule has 2 aromatic heterocycles. The molecule has 0 atom stereocenters. The van der Waals surface area contributed by atoms with E-state index in [-0.39, 0.29) is 18.3 Å². The van der Waals surface area contributed by atoms with Crippen molar-refractivity contribution in [2.24, 2.45) is 0 Å². The Labute approximate surface area is 163 Å². The fourth-order valence-corrected chi connectivity index (χ4v) is 3.16. The van der Waals surface area contributed by atoms with Gasteiger partial charge >= 0.3 is 5.97 Å². The molecule has 0 aromatic carbocycles. The molecule has 0 aliphatic carbocycles. The van der Waals surface area contributed by atoms with Gasteiger partial charge < -0.3 is 19.2 Å². The van der Waals surface area contributed by atoms with Crippen LogP contribution in [-0.4, -0.2) is 53.0 Å². The second-order valence-corrected chi connectivity index (χ2v) is 6.55. The number of carbonyl (C=O) groups excluding carboxylic acids is 2. The van der Waals surface area contributed by atoms with Gasteiger partial charge in [0.1, 0.15) is 6.61 Å². The maximum atomic E-state index is 12.7. The van der Waals surface area contributed by atoms with Crippen molar-refractivity contribution < 1.29 is 23.5 Å². The minimum Gasteiger partial charge on any atom is -0.458 e. The number of oxazole rings is 1. The molecule has 0 saturated heterocycles. The second-order valence-electron chi connectivity index (χ2n) is 6.55. The Morgan fingerprint density at radius 3 is 2.93 bits per heavy atom. The molecule has 2 aromatic rings. The van der Waals surface area contributed by atoms with Gasteiger partial charge in [-0.25, -0.2) is 9.78 Å². The van der Waals surface area contributed by atoms with Gasteiger partial charge in [0, 0.05) is 26.7 Å². The Morgan fingerprint density at radius 1 is 1.36 bits per heavy atom. The van der Waals surface area contributed by atoms with Crippen LogP contribution in [-0.2, 0) is 28.9 Å². The largest absolute Gasteiger partial charge is 0.458 e. The molecule has 0 unspecified atom stereocenters. The van der Waals surface area contributed by atoms with Crippen LogP contribution in [0.1, 0.15) is 58.0 Å². The number of aryl methyl sites for hydroxylation is 2. The van der Waals surface area contributed by atoms with E-state index >= 15 is 0 Å². The summed E-state index contributed by atoms with van der Waals surface area (Å²) in [4.78, 5) is 28.6. The van der Waals surface area contributed by atoms with Gasteiger partial charge in [-0.2, -0.15) is 5.10 Å². The minimum absolute atomic E-state index is 0.0723. The molecule has 9 nitrogen and oxygen atoms in total. The summed E-state index contributed by atoms with van der Waals surface area (Å²) in [6.07, 6.45) is 4.25. The van der Waals surface area contributed by atoms with Gasteiger partial charge in [0.2, 0.25) is 5.76 Å². The highest BCUT2D eigenvalue weighted by molar-refractivity contribution is 5.96. The van der Waals surface area contributed by atoms with Crippen molar-refractivity contribution in [3.63, 3.8) is 0 Å². The first-order valence-corrected chi connectivity index (χ1v) is 9.64. The molecule has 1 aliphatic rings. The van der Waals surface area contributed by atoms with Gasteiger partial charge in [-0.1, -0.05) is 6.92 Å². The highest BCUT2D eigenvalue weighted by Crippen LogP contribution is 2.18. The van der Waals surface area contributed by atoms with E-state index in [1.165, 1.54) is 6.20 Å². The summed E-state index contributed by atoms with van der Waals surface area (Å²) >= 11 is 0. The average molecular weight is 390 g/mol. The molecule has 3 rings (SSSR count). The molecule has 0 radical (unpaired) electrons. The Hall–Kier alpha value is -2.68. The Balaban J connectivity index is 1.73. The predicted molar refractivity (Wildman–Crippen MR) is 99.2 cm³/mol. The zero-order valence-electron chi connectivity index (χ0n) is 16.3. The van der Waals surface area contributed by atoms with Crippen LogP contribution in [0, 0.1) is 6.92 Å². The standard InChI is InChI=1S/C19H26N4O5/c1-3-14-17-15(6-4-9-26-10-5-7-20-18(17)24)23(22-14)8-11-27-19(25)16-12-21-13(2)28-16/h12H,3-11H2,1-2H3,(H,20,24). The Bertz CT molecular complexity index is 826. The Kier molecular flexibility index (Phi) is 6.80. The zero-order valence-corrected chi connectivity index (χ0v) is 16.3. The lowest BCUT2D eigenvalue weighted by Crippen LogP contribution is -2.26. The molecule has 3 heterocycles. The molecular weight excluding hydrogens is 364 g/mol. The number of nitrogens with zero attached hydrogens (tertiary/aromatic N) is 3. The number of amides is 1. The van der Waals surface area contributed by atoms with Crippen LogP contribution in [0.15, 0.2) is 10.6 Å². The van der Waals surface area contributed by atoms with Crippen LogP contribution >= 0.6 is 0 Å². The van der Waals surface area contributed by atoms with Gasteiger partial charge in [0.25, 0.3) is 5.91 Å². The minimum atomic E-state index is -0.567. The summed E-state index contributed by atoms with van der Waals surface area (Å²) in [5, 5.41) is 7.54. The van der Waals surface area contributed by atoms with Crippen molar-refractivity contribution in [2.75, 3.05) is 26.4 Å². The first-order chi connectivity index (χ1) is 13.6. The number of carbonyl (C=O) groups is 2. The fourth-order valence-electron chi connectivity index (χ4n) is 3.16. The zero-order chi connectivity index (χ0) is 19.9. The van der Waals surface area contributed by atoms with Crippen molar-refractivity contribution in [3.8, 4) is 0 Å². The van der Waals surface area contributed by atoms with E-state index < -0.39 is 5.97 Å². The third-order valence-electron chi connectivity index (χ3n) is 4.50. The van der Waals surface area contributed by atoms with E-state index in [0.717, 1.165) is 24.2 Å². The lowest BCUT2D eigenvalue weighted by atomic mass is 10.1. The third-order valence-corrected chi connectivity index (χ3v) is 4.50. The highest BCUT2D eigenvalue weighted by Gasteiger charge is 2.23. The normalized spacial score (nSPS) is 15.4. The van der Waals surface area contributed by atoms with E-state index in [0.29, 0.717) is 50.6 Å². The van der Waals surface area contributed by atoms with Gasteiger partial charge in [0.15, 0.2) is 5.89 Å². The molecule has 9 heteroatoms. The van der Waals surface area contributed by atoms with Crippen LogP contribution < -0.4 is 5.32 Å². The summed E-state index contributed by atoms with van der Waals surface area (Å²) in [6.45, 7) is 5.96. The predicted octanol–water partition coefficient (Wildman–Crippen LogP) is 1.68.